The van der Waals surface area contributed by atoms with Crippen molar-refractivity contribution in [2.24, 2.45) is 0 Å². The summed E-state index contributed by atoms with van der Waals surface area (Å²) in [6.45, 7) is 4.37. The number of hydrogen-bond acceptors (Lipinski definition) is 4. The van der Waals surface area contributed by atoms with Crippen LogP contribution >= 0.6 is 0 Å². The van der Waals surface area contributed by atoms with E-state index in [0.29, 0.717) is 6.61 Å². The van der Waals surface area contributed by atoms with Crippen LogP contribution in [0.4, 0.5) is 0 Å². The predicted molar refractivity (Wildman–Crippen MR) is 117 cm³/mol. The van der Waals surface area contributed by atoms with E-state index in [1.54, 1.807) is 7.11 Å². The van der Waals surface area contributed by atoms with E-state index >= 15 is 0 Å². The quantitative estimate of drug-likeness (QED) is 0.456. The maximum Gasteiger partial charge on any atom is 0.119 e. The number of nitrogens with one attached hydrogen (secondary N) is 2. The first-order chi connectivity index (χ1) is 13.8. The van der Waals surface area contributed by atoms with Crippen LogP contribution in [0.25, 0.3) is 0 Å². The molecule has 0 saturated heterocycles. The van der Waals surface area contributed by atoms with Gasteiger partial charge in [0.2, 0.25) is 0 Å². The molecule has 0 saturated carbocycles. The number of rotatable bonds is 15. The Balaban J connectivity index is 1.54. The summed E-state index contributed by atoms with van der Waals surface area (Å²) in [5, 5.41) is 6.65. The van der Waals surface area contributed by atoms with Gasteiger partial charge in [-0.1, -0.05) is 42.8 Å². The van der Waals surface area contributed by atoms with E-state index in [2.05, 4.69) is 53.1 Å². The molecule has 0 unspecified atom stereocenters. The highest BCUT2D eigenvalue weighted by molar-refractivity contribution is 5.28. The number of hydrogen-bond donors (Lipinski definition) is 2. The second kappa shape index (κ2) is 14.2. The van der Waals surface area contributed by atoms with Gasteiger partial charge in [0.05, 0.1) is 6.61 Å². The first-order valence-electron chi connectivity index (χ1n) is 10.5. The standard InChI is InChI=1S/C24H36N2O2/c1-25-16-18-28-24-9-6-8-22(19-24)7-4-3-5-15-26-20-23-12-10-21(11-13-23)14-17-27-2/h6,8-13,19,25-26H,3-5,7,14-18,20H2,1-2H3. The van der Waals surface area contributed by atoms with E-state index < -0.39 is 0 Å². The fourth-order valence-electron chi connectivity index (χ4n) is 3.09. The Hall–Kier alpha value is -1.88. The van der Waals surface area contributed by atoms with Crippen LogP contribution in [0.15, 0.2) is 48.5 Å². The molecule has 0 aromatic heterocycles. The summed E-state index contributed by atoms with van der Waals surface area (Å²) < 4.78 is 10.9. The average molecular weight is 385 g/mol. The van der Waals surface area contributed by atoms with Gasteiger partial charge in [0.1, 0.15) is 12.4 Å². The Labute approximate surface area is 170 Å². The summed E-state index contributed by atoms with van der Waals surface area (Å²) in [6, 6.07) is 17.3. The van der Waals surface area contributed by atoms with E-state index in [0.717, 1.165) is 44.8 Å². The predicted octanol–water partition coefficient (Wildman–Crippen LogP) is 3.98. The Kier molecular flexibility index (Phi) is 11.3. The van der Waals surface area contributed by atoms with Crippen LogP contribution in [0, 0.1) is 0 Å². The van der Waals surface area contributed by atoms with Gasteiger partial charge in [0.15, 0.2) is 0 Å². The fourth-order valence-corrected chi connectivity index (χ4v) is 3.09. The van der Waals surface area contributed by atoms with Gasteiger partial charge in [-0.15, -0.1) is 0 Å². The van der Waals surface area contributed by atoms with Crippen LogP contribution in [-0.2, 0) is 24.1 Å². The molecule has 0 atom stereocenters. The van der Waals surface area contributed by atoms with Crippen molar-refractivity contribution in [3.63, 3.8) is 0 Å². The Morgan fingerprint density at radius 3 is 2.39 bits per heavy atom. The first kappa shape index (κ1) is 22.4. The number of ether oxygens (including phenoxy) is 2. The monoisotopic (exact) mass is 384 g/mol. The molecular formula is C24H36N2O2. The average Bonchev–Trinajstić information content (AvgIpc) is 2.73. The van der Waals surface area contributed by atoms with Gasteiger partial charge in [0, 0.05) is 20.2 Å². The molecule has 0 radical (unpaired) electrons. The molecule has 28 heavy (non-hydrogen) atoms. The maximum absolute atomic E-state index is 5.74. The molecule has 0 bridgehead atoms. The Bertz CT molecular complexity index is 643. The molecule has 0 spiro atoms. The molecule has 0 aliphatic rings. The number of aryl methyl sites for hydroxylation is 1. The lowest BCUT2D eigenvalue weighted by atomic mass is 10.1. The van der Waals surface area contributed by atoms with Gasteiger partial charge >= 0.3 is 0 Å². The van der Waals surface area contributed by atoms with Crippen molar-refractivity contribution in [1.82, 2.24) is 10.6 Å². The second-order valence-electron chi connectivity index (χ2n) is 7.15. The highest BCUT2D eigenvalue weighted by Crippen LogP contribution is 2.15. The summed E-state index contributed by atoms with van der Waals surface area (Å²) in [7, 11) is 3.69. The molecule has 4 nitrogen and oxygen atoms in total. The van der Waals surface area contributed by atoms with Crippen molar-refractivity contribution in [3.8, 4) is 5.75 Å². The number of benzene rings is 2. The molecule has 0 amide bonds. The molecule has 154 valence electrons. The molecule has 0 aliphatic carbocycles. The number of unbranched alkanes of at least 4 members (excludes halogenated alkanes) is 2. The summed E-state index contributed by atoms with van der Waals surface area (Å²) in [6.07, 6.45) is 5.77. The molecule has 2 aromatic rings. The lowest BCUT2D eigenvalue weighted by Crippen LogP contribution is -2.15. The van der Waals surface area contributed by atoms with Crippen molar-refractivity contribution in [1.29, 1.82) is 0 Å². The zero-order valence-electron chi connectivity index (χ0n) is 17.5. The van der Waals surface area contributed by atoms with E-state index in [1.807, 2.05) is 13.1 Å². The van der Waals surface area contributed by atoms with Gasteiger partial charge in [0.25, 0.3) is 0 Å². The van der Waals surface area contributed by atoms with Gasteiger partial charge in [-0.25, -0.2) is 0 Å². The first-order valence-corrected chi connectivity index (χ1v) is 10.5. The molecule has 4 heteroatoms. The Morgan fingerprint density at radius 1 is 0.786 bits per heavy atom. The van der Waals surface area contributed by atoms with Gasteiger partial charge in [-0.2, -0.15) is 0 Å². The van der Waals surface area contributed by atoms with Crippen molar-refractivity contribution in [2.45, 2.75) is 38.6 Å². The van der Waals surface area contributed by atoms with E-state index in [4.69, 9.17) is 9.47 Å². The van der Waals surface area contributed by atoms with Crippen LogP contribution < -0.4 is 15.4 Å². The second-order valence-corrected chi connectivity index (χ2v) is 7.15. The van der Waals surface area contributed by atoms with Gasteiger partial charge in [-0.3, -0.25) is 0 Å². The zero-order chi connectivity index (χ0) is 19.9. The van der Waals surface area contributed by atoms with Crippen molar-refractivity contribution < 1.29 is 9.47 Å². The minimum Gasteiger partial charge on any atom is -0.492 e. The molecule has 2 N–H and O–H groups in total. The summed E-state index contributed by atoms with van der Waals surface area (Å²) in [5.41, 5.74) is 4.04. The Morgan fingerprint density at radius 2 is 1.61 bits per heavy atom. The van der Waals surface area contributed by atoms with Gasteiger partial charge < -0.3 is 20.1 Å². The lowest BCUT2D eigenvalue weighted by molar-refractivity contribution is 0.202. The molecule has 0 heterocycles. The largest absolute Gasteiger partial charge is 0.492 e. The molecular weight excluding hydrogens is 348 g/mol. The fraction of sp³-hybridized carbons (Fsp3) is 0.500. The van der Waals surface area contributed by atoms with Crippen molar-refractivity contribution >= 4 is 0 Å². The third-order valence-corrected chi connectivity index (χ3v) is 4.79. The van der Waals surface area contributed by atoms with Crippen LogP contribution in [-0.4, -0.2) is 40.5 Å². The summed E-state index contributed by atoms with van der Waals surface area (Å²) in [5.74, 6) is 0.975. The molecule has 0 fully saturated rings. The van der Waals surface area contributed by atoms with E-state index in [-0.39, 0.29) is 0 Å². The molecule has 2 rings (SSSR count). The van der Waals surface area contributed by atoms with Crippen LogP contribution in [0.1, 0.15) is 36.0 Å². The topological polar surface area (TPSA) is 42.5 Å². The maximum atomic E-state index is 5.74. The summed E-state index contributed by atoms with van der Waals surface area (Å²) >= 11 is 0. The van der Waals surface area contributed by atoms with Crippen molar-refractivity contribution in [2.75, 3.05) is 40.5 Å². The smallest absolute Gasteiger partial charge is 0.119 e. The van der Waals surface area contributed by atoms with Crippen LogP contribution in [0.5, 0.6) is 5.75 Å². The highest BCUT2D eigenvalue weighted by Gasteiger charge is 1.99. The SMILES string of the molecule is CNCCOc1cccc(CCCCCNCc2ccc(CCOC)cc2)c1. The number of likely N-dealkylation sites (N-methyl/N-ethyl adjacent to an activating group) is 1. The minimum atomic E-state index is 0.710. The van der Waals surface area contributed by atoms with Gasteiger partial charge in [-0.05, 0) is 68.1 Å². The third-order valence-electron chi connectivity index (χ3n) is 4.79. The summed E-state index contributed by atoms with van der Waals surface area (Å²) in [4.78, 5) is 0. The lowest BCUT2D eigenvalue weighted by Gasteiger charge is -2.08. The van der Waals surface area contributed by atoms with E-state index in [9.17, 15) is 0 Å². The molecule has 0 aliphatic heterocycles. The highest BCUT2D eigenvalue weighted by atomic mass is 16.5. The zero-order valence-corrected chi connectivity index (χ0v) is 17.5. The van der Waals surface area contributed by atoms with Crippen molar-refractivity contribution in [3.05, 3.63) is 65.2 Å². The third kappa shape index (κ3) is 9.36. The number of methoxy groups -OCH3 is 1. The normalized spacial score (nSPS) is 10.9. The minimum absolute atomic E-state index is 0.710. The molecule has 2 aromatic carbocycles. The van der Waals surface area contributed by atoms with Crippen LogP contribution in [0.3, 0.4) is 0 Å². The van der Waals surface area contributed by atoms with Crippen LogP contribution in [0.2, 0.25) is 0 Å². The van der Waals surface area contributed by atoms with E-state index in [1.165, 1.54) is 36.0 Å².